The van der Waals surface area contributed by atoms with Gasteiger partial charge in [-0.15, -0.1) is 0 Å². The average Bonchev–Trinajstić information content (AvgIpc) is 2.79. The molecule has 1 aliphatic rings. The van der Waals surface area contributed by atoms with E-state index in [2.05, 4.69) is 22.4 Å². The van der Waals surface area contributed by atoms with Gasteiger partial charge in [0, 0.05) is 13.1 Å². The molecule has 0 bridgehead atoms. The van der Waals surface area contributed by atoms with Gasteiger partial charge in [0.15, 0.2) is 0 Å². The molecule has 0 aromatic carbocycles. The van der Waals surface area contributed by atoms with Crippen LogP contribution in [-0.4, -0.2) is 49.1 Å². The van der Waals surface area contributed by atoms with Crippen LogP contribution in [0.4, 0.5) is 0 Å². The van der Waals surface area contributed by atoms with Gasteiger partial charge in [-0.25, -0.2) is 8.42 Å². The summed E-state index contributed by atoms with van der Waals surface area (Å²) in [6.45, 7) is 8.72. The molecule has 7 heteroatoms. The van der Waals surface area contributed by atoms with Crippen molar-refractivity contribution in [3.8, 4) is 0 Å². The fourth-order valence-electron chi connectivity index (χ4n) is 2.94. The first kappa shape index (κ1) is 16.5. The second-order valence-electron chi connectivity index (χ2n) is 5.84. The third-order valence-electron chi connectivity index (χ3n) is 4.00. The first-order valence-corrected chi connectivity index (χ1v) is 9.13. The van der Waals surface area contributed by atoms with Crippen LogP contribution in [0.2, 0.25) is 0 Å². The number of piperidine rings is 1. The van der Waals surface area contributed by atoms with Crippen LogP contribution < -0.4 is 5.32 Å². The molecule has 1 saturated heterocycles. The largest absolute Gasteiger partial charge is 0.316 e. The molecule has 0 radical (unpaired) electrons. The van der Waals surface area contributed by atoms with E-state index >= 15 is 0 Å². The predicted molar refractivity (Wildman–Crippen MR) is 82.7 cm³/mol. The molecular formula is C14H26N4O2S. The molecular weight excluding hydrogens is 288 g/mol. The molecule has 0 spiro atoms. The number of aryl methyl sites for hydroxylation is 2. The summed E-state index contributed by atoms with van der Waals surface area (Å²) in [7, 11) is -3.43. The Morgan fingerprint density at radius 1 is 1.43 bits per heavy atom. The van der Waals surface area contributed by atoms with E-state index in [9.17, 15) is 8.42 Å². The van der Waals surface area contributed by atoms with Crippen molar-refractivity contribution in [1.82, 2.24) is 19.8 Å². The zero-order valence-electron chi connectivity index (χ0n) is 13.1. The number of hydrogen-bond donors (Lipinski definition) is 2. The Morgan fingerprint density at radius 3 is 2.81 bits per heavy atom. The molecule has 1 aromatic rings. The molecule has 1 aliphatic heterocycles. The molecule has 2 rings (SSSR count). The Morgan fingerprint density at radius 2 is 2.19 bits per heavy atom. The minimum absolute atomic E-state index is 0.352. The highest BCUT2D eigenvalue weighted by Gasteiger charge is 2.33. The summed E-state index contributed by atoms with van der Waals surface area (Å²) in [6.07, 6.45) is 3.11. The zero-order chi connectivity index (χ0) is 15.5. The minimum atomic E-state index is -3.43. The predicted octanol–water partition coefficient (Wildman–Crippen LogP) is 1.43. The van der Waals surface area contributed by atoms with Crippen molar-refractivity contribution in [3.05, 3.63) is 11.4 Å². The maximum atomic E-state index is 12.8. The quantitative estimate of drug-likeness (QED) is 0.779. The van der Waals surface area contributed by atoms with Crippen molar-refractivity contribution in [2.75, 3.05) is 26.2 Å². The number of aromatic nitrogens is 2. The van der Waals surface area contributed by atoms with Gasteiger partial charge >= 0.3 is 0 Å². The Kier molecular flexibility index (Phi) is 5.40. The van der Waals surface area contributed by atoms with E-state index < -0.39 is 10.0 Å². The second-order valence-corrected chi connectivity index (χ2v) is 7.71. The van der Waals surface area contributed by atoms with Crippen molar-refractivity contribution in [2.24, 2.45) is 5.92 Å². The lowest BCUT2D eigenvalue weighted by Gasteiger charge is -2.32. The van der Waals surface area contributed by atoms with Crippen LogP contribution in [0, 0.1) is 19.8 Å². The molecule has 0 aliphatic carbocycles. The lowest BCUT2D eigenvalue weighted by Crippen LogP contribution is -2.43. The molecule has 1 atom stereocenters. The van der Waals surface area contributed by atoms with Gasteiger partial charge in [0.25, 0.3) is 0 Å². The van der Waals surface area contributed by atoms with Crippen LogP contribution in [0.3, 0.4) is 0 Å². The summed E-state index contributed by atoms with van der Waals surface area (Å²) in [5, 5.41) is 10.2. The molecule has 1 fully saturated rings. The van der Waals surface area contributed by atoms with E-state index in [1.54, 1.807) is 18.2 Å². The standard InChI is InChI=1S/C14H26N4O2S/c1-4-7-15-9-13-6-5-8-18(10-13)21(19,20)14-11(2)16-17-12(14)3/h13,15H,4-10H2,1-3H3,(H,16,17). The molecule has 21 heavy (non-hydrogen) atoms. The average molecular weight is 314 g/mol. The number of sulfonamides is 1. The van der Waals surface area contributed by atoms with E-state index in [4.69, 9.17) is 0 Å². The molecule has 1 unspecified atom stereocenters. The molecule has 6 nitrogen and oxygen atoms in total. The summed E-state index contributed by atoms with van der Waals surface area (Å²) in [5.74, 6) is 0.396. The Hall–Kier alpha value is -0.920. The first-order chi connectivity index (χ1) is 9.96. The van der Waals surface area contributed by atoms with Crippen molar-refractivity contribution in [1.29, 1.82) is 0 Å². The van der Waals surface area contributed by atoms with Crippen LogP contribution >= 0.6 is 0 Å². The maximum absolute atomic E-state index is 12.8. The van der Waals surface area contributed by atoms with Crippen molar-refractivity contribution >= 4 is 10.0 Å². The topological polar surface area (TPSA) is 78.1 Å². The second kappa shape index (κ2) is 6.89. The lowest BCUT2D eigenvalue weighted by atomic mass is 10.00. The van der Waals surface area contributed by atoms with Crippen molar-refractivity contribution in [3.63, 3.8) is 0 Å². The SMILES string of the molecule is CCCNCC1CCCN(S(=O)(=O)c2c(C)n[nH]c2C)C1. The summed E-state index contributed by atoms with van der Waals surface area (Å²) in [4.78, 5) is 0.352. The Labute approximate surface area is 127 Å². The van der Waals surface area contributed by atoms with E-state index in [1.807, 2.05) is 0 Å². The van der Waals surface area contributed by atoms with E-state index in [-0.39, 0.29) is 0 Å². The molecule has 0 saturated carbocycles. The van der Waals surface area contributed by atoms with Crippen LogP contribution in [-0.2, 0) is 10.0 Å². The molecule has 2 heterocycles. The van der Waals surface area contributed by atoms with Crippen molar-refractivity contribution in [2.45, 2.75) is 44.9 Å². The van der Waals surface area contributed by atoms with Crippen molar-refractivity contribution < 1.29 is 8.42 Å². The van der Waals surface area contributed by atoms with Gasteiger partial charge in [-0.2, -0.15) is 9.40 Å². The fraction of sp³-hybridized carbons (Fsp3) is 0.786. The summed E-state index contributed by atoms with van der Waals surface area (Å²) < 4.78 is 27.2. The van der Waals surface area contributed by atoms with Gasteiger partial charge in [0.1, 0.15) is 4.90 Å². The van der Waals surface area contributed by atoms with Gasteiger partial charge in [-0.1, -0.05) is 6.92 Å². The fourth-order valence-corrected chi connectivity index (χ4v) is 4.83. The zero-order valence-corrected chi connectivity index (χ0v) is 14.0. The third-order valence-corrected chi connectivity index (χ3v) is 6.13. The van der Waals surface area contributed by atoms with E-state index in [0.717, 1.165) is 32.4 Å². The Bertz CT molecular complexity index is 548. The number of rotatable bonds is 6. The Balaban J connectivity index is 2.10. The van der Waals surface area contributed by atoms with E-state index in [0.29, 0.717) is 35.3 Å². The number of aromatic amines is 1. The highest BCUT2D eigenvalue weighted by molar-refractivity contribution is 7.89. The maximum Gasteiger partial charge on any atom is 0.246 e. The van der Waals surface area contributed by atoms with Gasteiger partial charge in [0.05, 0.1) is 11.4 Å². The lowest BCUT2D eigenvalue weighted by molar-refractivity contribution is 0.260. The molecule has 0 amide bonds. The van der Waals surface area contributed by atoms with Crippen LogP contribution in [0.25, 0.3) is 0 Å². The van der Waals surface area contributed by atoms with Gasteiger partial charge in [-0.05, 0) is 52.1 Å². The van der Waals surface area contributed by atoms with Gasteiger partial charge in [0.2, 0.25) is 10.0 Å². The van der Waals surface area contributed by atoms with Gasteiger partial charge in [-0.3, -0.25) is 5.10 Å². The van der Waals surface area contributed by atoms with Crippen LogP contribution in [0.1, 0.15) is 37.6 Å². The normalized spacial score (nSPS) is 20.8. The number of H-pyrrole nitrogens is 1. The van der Waals surface area contributed by atoms with Crippen LogP contribution in [0.15, 0.2) is 4.90 Å². The van der Waals surface area contributed by atoms with Crippen LogP contribution in [0.5, 0.6) is 0 Å². The van der Waals surface area contributed by atoms with E-state index in [1.165, 1.54) is 0 Å². The molecule has 1 aromatic heterocycles. The summed E-state index contributed by atoms with van der Waals surface area (Å²) in [5.41, 5.74) is 1.18. The minimum Gasteiger partial charge on any atom is -0.316 e. The smallest absolute Gasteiger partial charge is 0.246 e. The number of hydrogen-bond acceptors (Lipinski definition) is 4. The monoisotopic (exact) mass is 314 g/mol. The third kappa shape index (κ3) is 3.64. The molecule has 2 N–H and O–H groups in total. The summed E-state index contributed by atoms with van der Waals surface area (Å²) >= 11 is 0. The highest BCUT2D eigenvalue weighted by Crippen LogP contribution is 2.26. The summed E-state index contributed by atoms with van der Waals surface area (Å²) in [6, 6.07) is 0. The number of nitrogens with one attached hydrogen (secondary N) is 2. The first-order valence-electron chi connectivity index (χ1n) is 7.69. The van der Waals surface area contributed by atoms with Gasteiger partial charge < -0.3 is 5.32 Å². The highest BCUT2D eigenvalue weighted by atomic mass is 32.2. The molecule has 120 valence electrons. The number of nitrogens with zero attached hydrogens (tertiary/aromatic N) is 2.